The minimum absolute atomic E-state index is 0.0615. The maximum Gasteiger partial charge on any atom is 0.235 e. The van der Waals surface area contributed by atoms with Crippen molar-refractivity contribution >= 4 is 11.6 Å². The molecule has 0 saturated heterocycles. The van der Waals surface area contributed by atoms with Crippen LogP contribution in [0.5, 0.6) is 5.88 Å². The van der Waals surface area contributed by atoms with Crippen LogP contribution < -0.4 is 10.1 Å². The lowest BCUT2D eigenvalue weighted by Gasteiger charge is -2.28. The topological polar surface area (TPSA) is 51.2 Å². The van der Waals surface area contributed by atoms with Crippen LogP contribution in [0, 0.1) is 5.82 Å². The van der Waals surface area contributed by atoms with Gasteiger partial charge < -0.3 is 10.1 Å². The van der Waals surface area contributed by atoms with Gasteiger partial charge in [0.05, 0.1) is 24.4 Å². The molecule has 1 fully saturated rings. The van der Waals surface area contributed by atoms with E-state index >= 15 is 0 Å². The number of hydrogen-bond donors (Lipinski definition) is 1. The van der Waals surface area contributed by atoms with Crippen molar-refractivity contribution in [3.63, 3.8) is 0 Å². The van der Waals surface area contributed by atoms with Crippen LogP contribution in [-0.2, 0) is 10.2 Å². The molecular formula is C18H19FN2O2. The molecule has 0 radical (unpaired) electrons. The molecule has 0 bridgehead atoms. The number of ether oxygens (including phenoxy) is 1. The molecule has 0 atom stereocenters. The Morgan fingerprint density at radius 2 is 1.87 bits per heavy atom. The third kappa shape index (κ3) is 3.04. The van der Waals surface area contributed by atoms with Crippen molar-refractivity contribution in [2.45, 2.75) is 31.1 Å². The molecule has 1 aromatic carbocycles. The number of aromatic nitrogens is 1. The maximum atomic E-state index is 13.2. The van der Waals surface area contributed by atoms with Gasteiger partial charge in [0, 0.05) is 6.07 Å². The van der Waals surface area contributed by atoms with Gasteiger partial charge in [0.2, 0.25) is 11.8 Å². The molecule has 0 spiro atoms. The minimum atomic E-state index is -0.590. The molecule has 23 heavy (non-hydrogen) atoms. The Morgan fingerprint density at radius 3 is 2.43 bits per heavy atom. The van der Waals surface area contributed by atoms with E-state index in [1.807, 2.05) is 0 Å². The van der Waals surface area contributed by atoms with Crippen LogP contribution in [-0.4, -0.2) is 18.0 Å². The Kier molecular flexibility index (Phi) is 4.28. The zero-order chi connectivity index (χ0) is 16.3. The molecule has 0 unspecified atom stereocenters. The normalized spacial score (nSPS) is 16.1. The second-order valence-corrected chi connectivity index (χ2v) is 5.84. The standard InChI is InChI=1S/C18H19FN2O2/c1-23-16-9-8-15(12-20-16)21-17(22)18(10-2-3-11-18)13-4-6-14(19)7-5-13/h4-9,12H,2-3,10-11H2,1H3,(H,21,22). The van der Waals surface area contributed by atoms with E-state index < -0.39 is 5.41 Å². The third-order valence-electron chi connectivity index (χ3n) is 4.49. The molecule has 3 rings (SSSR count). The van der Waals surface area contributed by atoms with Gasteiger partial charge in [0.15, 0.2) is 0 Å². The van der Waals surface area contributed by atoms with Crippen LogP contribution >= 0.6 is 0 Å². The van der Waals surface area contributed by atoms with Crippen molar-refractivity contribution in [3.05, 3.63) is 54.0 Å². The first-order valence-corrected chi connectivity index (χ1v) is 7.72. The summed E-state index contributed by atoms with van der Waals surface area (Å²) in [6.45, 7) is 0. The number of hydrogen-bond acceptors (Lipinski definition) is 3. The van der Waals surface area contributed by atoms with Crippen molar-refractivity contribution in [3.8, 4) is 5.88 Å². The Labute approximate surface area is 134 Å². The molecule has 1 aliphatic rings. The van der Waals surface area contributed by atoms with Crippen molar-refractivity contribution in [1.82, 2.24) is 4.98 Å². The van der Waals surface area contributed by atoms with Crippen LogP contribution in [0.2, 0.25) is 0 Å². The van der Waals surface area contributed by atoms with E-state index in [1.54, 1.807) is 37.6 Å². The predicted molar refractivity (Wildman–Crippen MR) is 86.0 cm³/mol. The van der Waals surface area contributed by atoms with Gasteiger partial charge in [-0.2, -0.15) is 0 Å². The second kappa shape index (κ2) is 6.36. The van der Waals surface area contributed by atoms with Crippen LogP contribution in [0.1, 0.15) is 31.2 Å². The first-order valence-electron chi connectivity index (χ1n) is 7.72. The third-order valence-corrected chi connectivity index (χ3v) is 4.49. The van der Waals surface area contributed by atoms with Crippen molar-refractivity contribution in [2.24, 2.45) is 0 Å². The van der Waals surface area contributed by atoms with Gasteiger partial charge in [-0.25, -0.2) is 9.37 Å². The Bertz CT molecular complexity index is 677. The van der Waals surface area contributed by atoms with Crippen LogP contribution in [0.4, 0.5) is 10.1 Å². The van der Waals surface area contributed by atoms with Crippen LogP contribution in [0.3, 0.4) is 0 Å². The monoisotopic (exact) mass is 314 g/mol. The number of methoxy groups -OCH3 is 1. The smallest absolute Gasteiger partial charge is 0.235 e. The fourth-order valence-corrected chi connectivity index (χ4v) is 3.22. The number of benzene rings is 1. The highest BCUT2D eigenvalue weighted by Gasteiger charge is 2.42. The minimum Gasteiger partial charge on any atom is -0.481 e. The molecule has 0 aliphatic heterocycles. The predicted octanol–water partition coefficient (Wildman–Crippen LogP) is 3.68. The molecule has 1 amide bonds. The van der Waals surface area contributed by atoms with Crippen molar-refractivity contribution in [2.75, 3.05) is 12.4 Å². The van der Waals surface area contributed by atoms with E-state index in [0.29, 0.717) is 11.6 Å². The van der Waals surface area contributed by atoms with Crippen LogP contribution in [0.15, 0.2) is 42.6 Å². The number of halogens is 1. The molecule has 5 heteroatoms. The highest BCUT2D eigenvalue weighted by atomic mass is 19.1. The lowest BCUT2D eigenvalue weighted by Crippen LogP contribution is -2.38. The zero-order valence-corrected chi connectivity index (χ0v) is 13.0. The number of anilines is 1. The summed E-state index contributed by atoms with van der Waals surface area (Å²) in [7, 11) is 1.54. The summed E-state index contributed by atoms with van der Waals surface area (Å²) in [5.74, 6) is 0.146. The highest BCUT2D eigenvalue weighted by molar-refractivity contribution is 5.99. The average molecular weight is 314 g/mol. The molecule has 1 heterocycles. The number of amides is 1. The Balaban J connectivity index is 1.85. The lowest BCUT2D eigenvalue weighted by molar-refractivity contribution is -0.121. The first kappa shape index (κ1) is 15.5. The zero-order valence-electron chi connectivity index (χ0n) is 13.0. The van der Waals surface area contributed by atoms with Gasteiger partial charge in [0.1, 0.15) is 5.82 Å². The van der Waals surface area contributed by atoms with E-state index in [0.717, 1.165) is 31.2 Å². The quantitative estimate of drug-likeness (QED) is 0.936. The summed E-state index contributed by atoms with van der Waals surface area (Å²) in [6.07, 6.45) is 5.10. The number of nitrogens with zero attached hydrogens (tertiary/aromatic N) is 1. The summed E-state index contributed by atoms with van der Waals surface area (Å²) < 4.78 is 18.2. The fraction of sp³-hybridized carbons (Fsp3) is 0.333. The molecule has 1 saturated carbocycles. The van der Waals surface area contributed by atoms with Gasteiger partial charge in [-0.15, -0.1) is 0 Å². The van der Waals surface area contributed by atoms with Gasteiger partial charge in [0.25, 0.3) is 0 Å². The van der Waals surface area contributed by atoms with Gasteiger partial charge in [-0.05, 0) is 36.6 Å². The number of carbonyl (C=O) groups is 1. The van der Waals surface area contributed by atoms with E-state index in [4.69, 9.17) is 4.74 Å². The average Bonchev–Trinajstić information content (AvgIpc) is 3.07. The number of nitrogens with one attached hydrogen (secondary N) is 1. The molecule has 120 valence electrons. The van der Waals surface area contributed by atoms with Gasteiger partial charge in [-0.3, -0.25) is 4.79 Å². The van der Waals surface area contributed by atoms with Gasteiger partial charge >= 0.3 is 0 Å². The summed E-state index contributed by atoms with van der Waals surface area (Å²) in [5, 5.41) is 2.94. The Hall–Kier alpha value is -2.43. The molecule has 1 aromatic heterocycles. The number of carbonyl (C=O) groups excluding carboxylic acids is 1. The van der Waals surface area contributed by atoms with E-state index in [-0.39, 0.29) is 11.7 Å². The summed E-state index contributed by atoms with van der Waals surface area (Å²) in [4.78, 5) is 17.0. The first-order chi connectivity index (χ1) is 11.1. The van der Waals surface area contributed by atoms with Crippen molar-refractivity contribution < 1.29 is 13.9 Å². The Morgan fingerprint density at radius 1 is 1.17 bits per heavy atom. The molecule has 2 aromatic rings. The summed E-state index contributed by atoms with van der Waals surface area (Å²) >= 11 is 0. The van der Waals surface area contributed by atoms with E-state index in [2.05, 4.69) is 10.3 Å². The number of pyridine rings is 1. The van der Waals surface area contributed by atoms with Gasteiger partial charge in [-0.1, -0.05) is 25.0 Å². The molecule has 1 N–H and O–H groups in total. The molecule has 1 aliphatic carbocycles. The van der Waals surface area contributed by atoms with E-state index in [1.165, 1.54) is 12.1 Å². The van der Waals surface area contributed by atoms with Crippen molar-refractivity contribution in [1.29, 1.82) is 0 Å². The second-order valence-electron chi connectivity index (χ2n) is 5.84. The fourth-order valence-electron chi connectivity index (χ4n) is 3.22. The largest absolute Gasteiger partial charge is 0.481 e. The molecule has 4 nitrogen and oxygen atoms in total. The van der Waals surface area contributed by atoms with E-state index in [9.17, 15) is 9.18 Å². The maximum absolute atomic E-state index is 13.2. The SMILES string of the molecule is COc1ccc(NC(=O)C2(c3ccc(F)cc3)CCCC2)cn1. The highest BCUT2D eigenvalue weighted by Crippen LogP contribution is 2.42. The van der Waals surface area contributed by atoms with Crippen LogP contribution in [0.25, 0.3) is 0 Å². The summed E-state index contributed by atoms with van der Waals surface area (Å²) in [6, 6.07) is 9.72. The number of rotatable bonds is 4. The lowest BCUT2D eigenvalue weighted by atomic mass is 9.78. The summed E-state index contributed by atoms with van der Waals surface area (Å²) in [5.41, 5.74) is 0.910. The molecular weight excluding hydrogens is 295 g/mol.